The lowest BCUT2D eigenvalue weighted by Crippen LogP contribution is -2.28. The summed E-state index contributed by atoms with van der Waals surface area (Å²) in [7, 11) is 0. The summed E-state index contributed by atoms with van der Waals surface area (Å²) in [5, 5.41) is 11.3. The normalized spacial score (nSPS) is 18.2. The van der Waals surface area contributed by atoms with Gasteiger partial charge in [-0.3, -0.25) is 10.1 Å². The lowest BCUT2D eigenvalue weighted by Gasteiger charge is -2.31. The number of rotatable bonds is 4. The fourth-order valence-electron chi connectivity index (χ4n) is 3.36. The molecular weight excluding hydrogens is 393 g/mol. The molecule has 0 saturated carbocycles. The number of hydrogen-bond donors (Lipinski definition) is 2. The molecule has 29 heavy (non-hydrogen) atoms. The number of amides is 1. The Labute approximate surface area is 173 Å². The van der Waals surface area contributed by atoms with Crippen molar-refractivity contribution in [1.82, 2.24) is 14.8 Å². The van der Waals surface area contributed by atoms with Crippen molar-refractivity contribution in [2.45, 2.75) is 32.4 Å². The van der Waals surface area contributed by atoms with Crippen LogP contribution in [0.25, 0.3) is 0 Å². The first-order valence-electron chi connectivity index (χ1n) is 9.45. The van der Waals surface area contributed by atoms with Crippen molar-refractivity contribution in [2.24, 2.45) is 5.92 Å². The molecule has 0 unspecified atom stereocenters. The number of fused-ring (bicyclic) bond motifs is 1. The standard InChI is InChI=1S/C21H21ClFN5O/c1-12(2)19(29)25-20-26-21-24-17(13-3-7-15(22)8-4-13)11-18(28(21)27-20)14-5-9-16(23)10-6-14/h3-10,12,17-18H,11H2,1-2H3,(H2,24,25,26,27,29)/t17-,18-/m0/s1. The zero-order valence-electron chi connectivity index (χ0n) is 16.1. The van der Waals surface area contributed by atoms with E-state index in [1.54, 1.807) is 16.8 Å². The van der Waals surface area contributed by atoms with Crippen molar-refractivity contribution in [3.05, 3.63) is 70.5 Å². The van der Waals surface area contributed by atoms with Crippen LogP contribution in [0.4, 0.5) is 16.3 Å². The smallest absolute Gasteiger partial charge is 0.250 e. The summed E-state index contributed by atoms with van der Waals surface area (Å²) in [6.07, 6.45) is 0.682. The Kier molecular flexibility index (Phi) is 5.24. The largest absolute Gasteiger partial charge is 0.347 e. The molecular formula is C21H21ClFN5O. The average molecular weight is 414 g/mol. The zero-order valence-corrected chi connectivity index (χ0v) is 16.8. The third-order valence-electron chi connectivity index (χ3n) is 4.98. The third kappa shape index (κ3) is 4.10. The van der Waals surface area contributed by atoms with Gasteiger partial charge in [0.25, 0.3) is 5.95 Å². The molecule has 4 rings (SSSR count). The number of halogens is 2. The molecule has 0 radical (unpaired) electrons. The van der Waals surface area contributed by atoms with Crippen LogP contribution in [0.2, 0.25) is 5.02 Å². The molecule has 1 aliphatic heterocycles. The molecule has 0 aliphatic carbocycles. The SMILES string of the molecule is CC(C)C(=O)Nc1nc2n(n1)[C@H](c1ccc(F)cc1)C[C@@H](c1ccc(Cl)cc1)N2. The summed E-state index contributed by atoms with van der Waals surface area (Å²) in [5.41, 5.74) is 1.98. The molecule has 6 nitrogen and oxygen atoms in total. The van der Waals surface area contributed by atoms with Gasteiger partial charge >= 0.3 is 0 Å². The summed E-state index contributed by atoms with van der Waals surface area (Å²) in [5.74, 6) is 0.166. The van der Waals surface area contributed by atoms with Gasteiger partial charge in [-0.05, 0) is 41.8 Å². The Morgan fingerprint density at radius 1 is 1.17 bits per heavy atom. The molecule has 8 heteroatoms. The summed E-state index contributed by atoms with van der Waals surface area (Å²) < 4.78 is 15.2. The van der Waals surface area contributed by atoms with Crippen LogP contribution in [0.5, 0.6) is 0 Å². The van der Waals surface area contributed by atoms with Gasteiger partial charge in [-0.1, -0.05) is 49.7 Å². The minimum atomic E-state index is -0.291. The second-order valence-corrected chi connectivity index (χ2v) is 7.84. The van der Waals surface area contributed by atoms with E-state index in [9.17, 15) is 9.18 Å². The van der Waals surface area contributed by atoms with E-state index < -0.39 is 0 Å². The van der Waals surface area contributed by atoms with Crippen molar-refractivity contribution < 1.29 is 9.18 Å². The van der Waals surface area contributed by atoms with E-state index in [1.165, 1.54) is 12.1 Å². The van der Waals surface area contributed by atoms with Gasteiger partial charge in [0.2, 0.25) is 11.9 Å². The van der Waals surface area contributed by atoms with E-state index in [0.29, 0.717) is 17.4 Å². The molecule has 0 saturated heterocycles. The maximum atomic E-state index is 13.4. The highest BCUT2D eigenvalue weighted by atomic mass is 35.5. The Hall–Kier alpha value is -2.93. The monoisotopic (exact) mass is 413 g/mol. The van der Waals surface area contributed by atoms with E-state index in [-0.39, 0.29) is 35.7 Å². The zero-order chi connectivity index (χ0) is 20.5. The number of nitrogens with one attached hydrogen (secondary N) is 2. The lowest BCUT2D eigenvalue weighted by molar-refractivity contribution is -0.118. The first-order valence-corrected chi connectivity index (χ1v) is 9.83. The van der Waals surface area contributed by atoms with Gasteiger partial charge < -0.3 is 5.32 Å². The molecule has 2 atom stereocenters. The van der Waals surface area contributed by atoms with Crippen LogP contribution >= 0.6 is 11.6 Å². The van der Waals surface area contributed by atoms with Crippen LogP contribution in [0.15, 0.2) is 48.5 Å². The highest BCUT2D eigenvalue weighted by Gasteiger charge is 2.31. The predicted octanol–water partition coefficient (Wildman–Crippen LogP) is 4.81. The van der Waals surface area contributed by atoms with Crippen LogP contribution < -0.4 is 10.6 Å². The molecule has 1 amide bonds. The maximum absolute atomic E-state index is 13.4. The van der Waals surface area contributed by atoms with Crippen molar-refractivity contribution in [3.63, 3.8) is 0 Å². The second-order valence-electron chi connectivity index (χ2n) is 7.40. The Balaban J connectivity index is 1.71. The molecule has 150 valence electrons. The Morgan fingerprint density at radius 3 is 2.48 bits per heavy atom. The number of carbonyl (C=O) groups is 1. The van der Waals surface area contributed by atoms with Crippen LogP contribution in [0.3, 0.4) is 0 Å². The number of aromatic nitrogens is 3. The quantitative estimate of drug-likeness (QED) is 0.643. The fourth-order valence-corrected chi connectivity index (χ4v) is 3.49. The molecule has 3 aromatic rings. The van der Waals surface area contributed by atoms with Crippen LogP contribution in [-0.2, 0) is 4.79 Å². The van der Waals surface area contributed by atoms with E-state index in [2.05, 4.69) is 20.7 Å². The first-order chi connectivity index (χ1) is 13.9. The van der Waals surface area contributed by atoms with Gasteiger partial charge in [-0.2, -0.15) is 4.98 Å². The lowest BCUT2D eigenvalue weighted by atomic mass is 9.93. The number of nitrogens with zero attached hydrogens (tertiary/aromatic N) is 3. The number of benzene rings is 2. The molecule has 2 N–H and O–H groups in total. The van der Waals surface area contributed by atoms with Gasteiger partial charge in [-0.15, -0.1) is 5.10 Å². The topological polar surface area (TPSA) is 71.8 Å². The Bertz CT molecular complexity index is 1020. The van der Waals surface area contributed by atoms with Gasteiger partial charge in [0.05, 0.1) is 12.1 Å². The first kappa shape index (κ1) is 19.4. The molecule has 2 aromatic carbocycles. The van der Waals surface area contributed by atoms with Crippen molar-refractivity contribution in [2.75, 3.05) is 10.6 Å². The van der Waals surface area contributed by atoms with E-state index in [0.717, 1.165) is 11.1 Å². The van der Waals surface area contributed by atoms with E-state index in [1.807, 2.05) is 38.1 Å². The third-order valence-corrected chi connectivity index (χ3v) is 5.23. The molecule has 0 fully saturated rings. The minimum Gasteiger partial charge on any atom is -0.347 e. The van der Waals surface area contributed by atoms with Gasteiger partial charge in [-0.25, -0.2) is 9.07 Å². The highest BCUT2D eigenvalue weighted by molar-refractivity contribution is 6.30. The highest BCUT2D eigenvalue weighted by Crippen LogP contribution is 2.38. The van der Waals surface area contributed by atoms with Crippen LogP contribution in [0.1, 0.15) is 43.5 Å². The van der Waals surface area contributed by atoms with Crippen LogP contribution in [-0.4, -0.2) is 20.7 Å². The average Bonchev–Trinajstić information content (AvgIpc) is 3.10. The molecule has 0 bridgehead atoms. The van der Waals surface area contributed by atoms with Crippen LogP contribution in [0, 0.1) is 11.7 Å². The number of anilines is 2. The molecule has 0 spiro atoms. The predicted molar refractivity (Wildman–Crippen MR) is 110 cm³/mol. The number of hydrogen-bond acceptors (Lipinski definition) is 4. The minimum absolute atomic E-state index is 0.0346. The molecule has 1 aromatic heterocycles. The second kappa shape index (κ2) is 7.83. The van der Waals surface area contributed by atoms with Gasteiger partial charge in [0.15, 0.2) is 0 Å². The summed E-state index contributed by atoms with van der Waals surface area (Å²) in [4.78, 5) is 16.5. The maximum Gasteiger partial charge on any atom is 0.250 e. The van der Waals surface area contributed by atoms with Gasteiger partial charge in [0.1, 0.15) is 5.82 Å². The van der Waals surface area contributed by atoms with E-state index >= 15 is 0 Å². The molecule has 2 heterocycles. The van der Waals surface area contributed by atoms with Crippen molar-refractivity contribution in [3.8, 4) is 0 Å². The summed E-state index contributed by atoms with van der Waals surface area (Å²) in [6.45, 7) is 3.61. The van der Waals surface area contributed by atoms with E-state index in [4.69, 9.17) is 11.6 Å². The Morgan fingerprint density at radius 2 is 1.83 bits per heavy atom. The fraction of sp³-hybridized carbons (Fsp3) is 0.286. The summed E-state index contributed by atoms with van der Waals surface area (Å²) >= 11 is 6.03. The van der Waals surface area contributed by atoms with Crippen molar-refractivity contribution in [1.29, 1.82) is 0 Å². The van der Waals surface area contributed by atoms with Gasteiger partial charge in [0, 0.05) is 10.9 Å². The number of carbonyl (C=O) groups excluding carboxylic acids is 1. The summed E-state index contributed by atoms with van der Waals surface area (Å²) in [6, 6.07) is 13.8. The van der Waals surface area contributed by atoms with Crippen molar-refractivity contribution >= 4 is 29.4 Å². The molecule has 1 aliphatic rings.